The van der Waals surface area contributed by atoms with Crippen LogP contribution in [0.15, 0.2) is 4.52 Å². The van der Waals surface area contributed by atoms with Gasteiger partial charge < -0.3 is 4.52 Å². The van der Waals surface area contributed by atoms with Crippen LogP contribution in [0.3, 0.4) is 0 Å². The molecule has 0 saturated carbocycles. The molecule has 3 heteroatoms. The number of hydrogen-bond acceptors (Lipinski definition) is 3. The van der Waals surface area contributed by atoms with Gasteiger partial charge in [-0.05, 0) is 27.2 Å². The molecule has 0 saturated heterocycles. The molecule has 1 heterocycles. The average molecular weight is 206 g/mol. The summed E-state index contributed by atoms with van der Waals surface area (Å²) in [7, 11) is 0. The van der Waals surface area contributed by atoms with Crippen LogP contribution >= 0.6 is 0 Å². The van der Waals surface area contributed by atoms with Gasteiger partial charge in [-0.25, -0.2) is 0 Å². The van der Waals surface area contributed by atoms with Crippen molar-refractivity contribution in [1.29, 1.82) is 0 Å². The van der Waals surface area contributed by atoms with E-state index in [0.29, 0.717) is 0 Å². The second-order valence-electron chi connectivity index (χ2n) is 3.75. The normalized spacial score (nSPS) is 14.6. The highest BCUT2D eigenvalue weighted by Crippen LogP contribution is 2.21. The van der Waals surface area contributed by atoms with Crippen molar-refractivity contribution >= 4 is 0 Å². The predicted molar refractivity (Wildman–Crippen MR) is 60.4 cm³/mol. The van der Waals surface area contributed by atoms with E-state index >= 15 is 0 Å². The molecule has 1 aromatic rings. The molecule has 0 aliphatic carbocycles. The fourth-order valence-electron chi connectivity index (χ4n) is 1.78. The fourth-order valence-corrected chi connectivity index (χ4v) is 1.78. The van der Waals surface area contributed by atoms with Crippen molar-refractivity contribution < 1.29 is 4.52 Å². The van der Waals surface area contributed by atoms with Gasteiger partial charge in [0.2, 0.25) is 0 Å². The standard InChI is InChI=1S/C12H18N2O/c1-6-11(7-2)13-8(3)12-9(4)14-15-10(12)5/h1,8,11,13H,7H2,2-5H3. The molecule has 0 fully saturated rings. The van der Waals surface area contributed by atoms with E-state index in [4.69, 9.17) is 10.9 Å². The highest BCUT2D eigenvalue weighted by molar-refractivity contribution is 5.25. The maximum Gasteiger partial charge on any atom is 0.138 e. The van der Waals surface area contributed by atoms with Crippen molar-refractivity contribution in [3.05, 3.63) is 17.0 Å². The van der Waals surface area contributed by atoms with Gasteiger partial charge in [0, 0.05) is 11.6 Å². The smallest absolute Gasteiger partial charge is 0.138 e. The van der Waals surface area contributed by atoms with Crippen LogP contribution in [0.4, 0.5) is 0 Å². The van der Waals surface area contributed by atoms with Crippen molar-refractivity contribution in [1.82, 2.24) is 10.5 Å². The fraction of sp³-hybridized carbons (Fsp3) is 0.583. The molecule has 2 unspecified atom stereocenters. The number of terminal acetylenes is 1. The van der Waals surface area contributed by atoms with E-state index in [1.807, 2.05) is 13.8 Å². The summed E-state index contributed by atoms with van der Waals surface area (Å²) < 4.78 is 5.12. The predicted octanol–water partition coefficient (Wildman–Crippen LogP) is 2.35. The Labute approximate surface area is 91.2 Å². The van der Waals surface area contributed by atoms with Crippen LogP contribution in [0.25, 0.3) is 0 Å². The summed E-state index contributed by atoms with van der Waals surface area (Å²) in [6.45, 7) is 8.01. The van der Waals surface area contributed by atoms with E-state index in [9.17, 15) is 0 Å². The van der Waals surface area contributed by atoms with Gasteiger partial charge in [-0.15, -0.1) is 6.42 Å². The van der Waals surface area contributed by atoms with Crippen LogP contribution in [-0.4, -0.2) is 11.2 Å². The van der Waals surface area contributed by atoms with Crippen LogP contribution in [0.5, 0.6) is 0 Å². The molecule has 82 valence electrons. The van der Waals surface area contributed by atoms with Crippen molar-refractivity contribution in [2.24, 2.45) is 0 Å². The summed E-state index contributed by atoms with van der Waals surface area (Å²) in [5.74, 6) is 3.58. The second kappa shape index (κ2) is 4.99. The summed E-state index contributed by atoms with van der Waals surface area (Å²) in [5, 5.41) is 7.29. The van der Waals surface area contributed by atoms with Gasteiger partial charge in [0.15, 0.2) is 0 Å². The minimum Gasteiger partial charge on any atom is -0.361 e. The first-order valence-electron chi connectivity index (χ1n) is 5.25. The molecule has 0 aliphatic heterocycles. The van der Waals surface area contributed by atoms with Gasteiger partial charge in [0.25, 0.3) is 0 Å². The Hall–Kier alpha value is -1.27. The lowest BCUT2D eigenvalue weighted by Gasteiger charge is -2.17. The molecule has 15 heavy (non-hydrogen) atoms. The first kappa shape index (κ1) is 11.8. The van der Waals surface area contributed by atoms with Crippen LogP contribution in [0, 0.1) is 26.2 Å². The summed E-state index contributed by atoms with van der Waals surface area (Å²) in [4.78, 5) is 0. The number of nitrogens with one attached hydrogen (secondary N) is 1. The Morgan fingerprint density at radius 1 is 1.53 bits per heavy atom. The molecule has 0 aromatic carbocycles. The monoisotopic (exact) mass is 206 g/mol. The summed E-state index contributed by atoms with van der Waals surface area (Å²) >= 11 is 0. The molecule has 0 amide bonds. The zero-order chi connectivity index (χ0) is 11.4. The van der Waals surface area contributed by atoms with Gasteiger partial charge in [-0.1, -0.05) is 18.0 Å². The van der Waals surface area contributed by atoms with Crippen molar-refractivity contribution in [2.45, 2.75) is 46.2 Å². The lowest BCUT2D eigenvalue weighted by Crippen LogP contribution is -2.30. The number of aryl methyl sites for hydroxylation is 2. The van der Waals surface area contributed by atoms with E-state index in [1.54, 1.807) is 0 Å². The lowest BCUT2D eigenvalue weighted by atomic mass is 10.1. The van der Waals surface area contributed by atoms with Crippen LogP contribution < -0.4 is 5.32 Å². The first-order valence-corrected chi connectivity index (χ1v) is 5.25. The van der Waals surface area contributed by atoms with E-state index in [1.165, 1.54) is 0 Å². The first-order chi connectivity index (χ1) is 7.10. The van der Waals surface area contributed by atoms with Gasteiger partial charge in [0.05, 0.1) is 11.7 Å². The molecule has 2 atom stereocenters. The Kier molecular flexibility index (Phi) is 3.93. The lowest BCUT2D eigenvalue weighted by molar-refractivity contribution is 0.390. The second-order valence-corrected chi connectivity index (χ2v) is 3.75. The summed E-state index contributed by atoms with van der Waals surface area (Å²) in [5.41, 5.74) is 2.04. The summed E-state index contributed by atoms with van der Waals surface area (Å²) in [6, 6.07) is 0.283. The van der Waals surface area contributed by atoms with E-state index in [2.05, 4.69) is 30.2 Å². The SMILES string of the molecule is C#CC(CC)NC(C)c1c(C)noc1C. The molecule has 1 N–H and O–H groups in total. The largest absolute Gasteiger partial charge is 0.361 e. The third-order valence-corrected chi connectivity index (χ3v) is 2.58. The maximum absolute atomic E-state index is 5.41. The van der Waals surface area contributed by atoms with E-state index < -0.39 is 0 Å². The van der Waals surface area contributed by atoms with Crippen molar-refractivity contribution in [2.75, 3.05) is 0 Å². The van der Waals surface area contributed by atoms with Gasteiger partial charge >= 0.3 is 0 Å². The zero-order valence-corrected chi connectivity index (χ0v) is 9.79. The van der Waals surface area contributed by atoms with Crippen molar-refractivity contribution in [3.8, 4) is 12.3 Å². The molecule has 0 aliphatic rings. The van der Waals surface area contributed by atoms with Crippen LogP contribution in [0.1, 0.15) is 43.3 Å². The Balaban J connectivity index is 2.77. The number of rotatable bonds is 4. The molecule has 0 spiro atoms. The van der Waals surface area contributed by atoms with E-state index in [-0.39, 0.29) is 12.1 Å². The molecule has 1 aromatic heterocycles. The molecule has 0 radical (unpaired) electrons. The Bertz CT molecular complexity index is 343. The van der Waals surface area contributed by atoms with E-state index in [0.717, 1.165) is 23.4 Å². The van der Waals surface area contributed by atoms with Gasteiger partial charge in [0.1, 0.15) is 5.76 Å². The van der Waals surface area contributed by atoms with Crippen LogP contribution in [-0.2, 0) is 0 Å². The summed E-state index contributed by atoms with van der Waals surface area (Å²) in [6.07, 6.45) is 6.33. The zero-order valence-electron chi connectivity index (χ0n) is 9.79. The number of nitrogens with zero attached hydrogens (tertiary/aromatic N) is 1. The highest BCUT2D eigenvalue weighted by Gasteiger charge is 2.17. The van der Waals surface area contributed by atoms with Crippen LogP contribution in [0.2, 0.25) is 0 Å². The molecule has 1 rings (SSSR count). The minimum atomic E-state index is 0.105. The van der Waals surface area contributed by atoms with Gasteiger partial charge in [-0.3, -0.25) is 5.32 Å². The third kappa shape index (κ3) is 2.60. The molecule has 3 nitrogen and oxygen atoms in total. The topological polar surface area (TPSA) is 38.1 Å². The molecular weight excluding hydrogens is 188 g/mol. The Morgan fingerprint density at radius 3 is 2.60 bits per heavy atom. The maximum atomic E-state index is 5.41. The average Bonchev–Trinajstić information content (AvgIpc) is 2.55. The number of hydrogen-bond donors (Lipinski definition) is 1. The Morgan fingerprint density at radius 2 is 2.20 bits per heavy atom. The van der Waals surface area contributed by atoms with Gasteiger partial charge in [-0.2, -0.15) is 0 Å². The van der Waals surface area contributed by atoms with Crippen molar-refractivity contribution in [3.63, 3.8) is 0 Å². The minimum absolute atomic E-state index is 0.105. The third-order valence-electron chi connectivity index (χ3n) is 2.58. The molecule has 0 bridgehead atoms. The molecular formula is C12H18N2O. The highest BCUT2D eigenvalue weighted by atomic mass is 16.5. The quantitative estimate of drug-likeness (QED) is 0.768. The number of aromatic nitrogens is 1.